The van der Waals surface area contributed by atoms with Gasteiger partial charge in [-0.1, -0.05) is 39.0 Å². The summed E-state index contributed by atoms with van der Waals surface area (Å²) in [4.78, 5) is 11.6. The molecule has 0 aliphatic carbocycles. The Hall–Kier alpha value is -1.90. The Balaban J connectivity index is 2.32. The third kappa shape index (κ3) is 3.11. The van der Waals surface area contributed by atoms with Gasteiger partial charge in [0.05, 0.1) is 6.54 Å². The van der Waals surface area contributed by atoms with Gasteiger partial charge in [0.25, 0.3) is 5.56 Å². The topological polar surface area (TPSA) is 22.0 Å². The van der Waals surface area contributed by atoms with E-state index in [-0.39, 0.29) is 16.8 Å². The van der Waals surface area contributed by atoms with E-state index in [4.69, 9.17) is 0 Å². The highest BCUT2D eigenvalue weighted by atomic mass is 19.1. The fraction of sp³-hybridized carbons (Fsp3) is 0.312. The summed E-state index contributed by atoms with van der Waals surface area (Å²) < 4.78 is 15.6. The van der Waals surface area contributed by atoms with Crippen LogP contribution in [0.1, 0.15) is 31.9 Å². The minimum atomic E-state index is -0.216. The molecule has 2 rings (SSSR count). The van der Waals surface area contributed by atoms with Gasteiger partial charge in [-0.05, 0) is 28.7 Å². The molecule has 0 atom stereocenters. The zero-order valence-electron chi connectivity index (χ0n) is 11.5. The summed E-state index contributed by atoms with van der Waals surface area (Å²) in [6.07, 6.45) is 1.71. The van der Waals surface area contributed by atoms with E-state index >= 15 is 0 Å². The molecule has 1 aromatic carbocycles. The first-order valence-electron chi connectivity index (χ1n) is 6.32. The van der Waals surface area contributed by atoms with Gasteiger partial charge in [0.15, 0.2) is 0 Å². The first kappa shape index (κ1) is 13.5. The smallest absolute Gasteiger partial charge is 0.250 e. The second-order valence-corrected chi connectivity index (χ2v) is 5.73. The molecule has 100 valence electrons. The molecule has 0 aliphatic rings. The van der Waals surface area contributed by atoms with Crippen LogP contribution < -0.4 is 5.56 Å². The lowest BCUT2D eigenvalue weighted by atomic mass is 9.86. The zero-order valence-corrected chi connectivity index (χ0v) is 11.5. The second-order valence-electron chi connectivity index (χ2n) is 5.73. The quantitative estimate of drug-likeness (QED) is 0.810. The van der Waals surface area contributed by atoms with E-state index in [2.05, 4.69) is 0 Å². The summed E-state index contributed by atoms with van der Waals surface area (Å²) in [7, 11) is 0. The fourth-order valence-corrected chi connectivity index (χ4v) is 2.05. The Morgan fingerprint density at radius 2 is 1.89 bits per heavy atom. The fourth-order valence-electron chi connectivity index (χ4n) is 2.05. The third-order valence-corrected chi connectivity index (χ3v) is 3.09. The molecule has 0 N–H and O–H groups in total. The van der Waals surface area contributed by atoms with Crippen LogP contribution in [0.25, 0.3) is 0 Å². The molecule has 0 radical (unpaired) electrons. The Bertz CT molecular complexity index is 638. The number of nitrogens with zero attached hydrogens (tertiary/aromatic N) is 1. The highest BCUT2D eigenvalue weighted by Crippen LogP contribution is 2.25. The van der Waals surface area contributed by atoms with Crippen LogP contribution >= 0.6 is 0 Å². The molecule has 0 fully saturated rings. The summed E-state index contributed by atoms with van der Waals surface area (Å²) in [6.45, 7) is 6.33. The lowest BCUT2D eigenvalue weighted by Gasteiger charge is -2.20. The Kier molecular flexibility index (Phi) is 3.56. The zero-order chi connectivity index (χ0) is 14.0. The third-order valence-electron chi connectivity index (χ3n) is 3.09. The van der Waals surface area contributed by atoms with Crippen LogP contribution in [-0.2, 0) is 12.0 Å². The molecule has 0 aliphatic heterocycles. The van der Waals surface area contributed by atoms with Gasteiger partial charge in [-0.2, -0.15) is 0 Å². The molecular weight excluding hydrogens is 241 g/mol. The average molecular weight is 259 g/mol. The van der Waals surface area contributed by atoms with E-state index in [1.807, 2.05) is 26.8 Å². The van der Waals surface area contributed by atoms with Crippen molar-refractivity contribution in [3.63, 3.8) is 0 Å². The van der Waals surface area contributed by atoms with Crippen molar-refractivity contribution >= 4 is 0 Å². The van der Waals surface area contributed by atoms with Gasteiger partial charge in [-0.15, -0.1) is 0 Å². The maximum Gasteiger partial charge on any atom is 0.250 e. The highest BCUT2D eigenvalue weighted by Gasteiger charge is 2.18. The Morgan fingerprint density at radius 3 is 2.47 bits per heavy atom. The summed E-state index contributed by atoms with van der Waals surface area (Å²) in [5, 5.41) is 0. The van der Waals surface area contributed by atoms with Crippen LogP contribution in [0.2, 0.25) is 0 Å². The number of rotatable bonds is 2. The first-order chi connectivity index (χ1) is 8.88. The summed E-state index contributed by atoms with van der Waals surface area (Å²) >= 11 is 0. The minimum absolute atomic E-state index is 0.0807. The monoisotopic (exact) mass is 259 g/mol. The van der Waals surface area contributed by atoms with E-state index < -0.39 is 0 Å². The number of aromatic nitrogens is 1. The van der Waals surface area contributed by atoms with Crippen LogP contribution in [-0.4, -0.2) is 4.57 Å². The molecular formula is C16H18FNO. The van der Waals surface area contributed by atoms with Gasteiger partial charge >= 0.3 is 0 Å². The SMILES string of the molecule is CC(C)(C)c1ccc(Cn2ccccc2=O)cc1F. The van der Waals surface area contributed by atoms with Crippen molar-refractivity contribution < 1.29 is 4.39 Å². The molecule has 2 nitrogen and oxygen atoms in total. The number of halogens is 1. The molecule has 0 amide bonds. The van der Waals surface area contributed by atoms with Gasteiger partial charge in [0.1, 0.15) is 5.82 Å². The molecule has 0 bridgehead atoms. The second kappa shape index (κ2) is 5.00. The molecule has 2 aromatic rings. The lowest BCUT2D eigenvalue weighted by Crippen LogP contribution is -2.19. The predicted molar refractivity (Wildman–Crippen MR) is 74.9 cm³/mol. The maximum absolute atomic E-state index is 14.1. The Morgan fingerprint density at radius 1 is 1.16 bits per heavy atom. The summed E-state index contributed by atoms with van der Waals surface area (Å²) in [5.41, 5.74) is 1.19. The van der Waals surface area contributed by atoms with Gasteiger partial charge in [0.2, 0.25) is 0 Å². The molecule has 0 unspecified atom stereocenters. The number of hydrogen-bond acceptors (Lipinski definition) is 1. The van der Waals surface area contributed by atoms with Crippen molar-refractivity contribution in [3.8, 4) is 0 Å². The molecule has 0 saturated heterocycles. The molecule has 0 spiro atoms. The molecule has 19 heavy (non-hydrogen) atoms. The normalized spacial score (nSPS) is 11.6. The molecule has 0 saturated carbocycles. The number of benzene rings is 1. The first-order valence-corrected chi connectivity index (χ1v) is 6.32. The van der Waals surface area contributed by atoms with E-state index in [1.165, 1.54) is 12.1 Å². The van der Waals surface area contributed by atoms with Crippen LogP contribution in [0.3, 0.4) is 0 Å². The van der Waals surface area contributed by atoms with Crippen LogP contribution in [0.5, 0.6) is 0 Å². The average Bonchev–Trinajstić information content (AvgIpc) is 2.30. The van der Waals surface area contributed by atoms with E-state index in [1.54, 1.807) is 29.0 Å². The van der Waals surface area contributed by atoms with Crippen molar-refractivity contribution in [2.45, 2.75) is 32.7 Å². The molecule has 3 heteroatoms. The van der Waals surface area contributed by atoms with Crippen molar-refractivity contribution in [1.29, 1.82) is 0 Å². The van der Waals surface area contributed by atoms with Gasteiger partial charge < -0.3 is 4.57 Å². The van der Waals surface area contributed by atoms with E-state index in [0.717, 1.165) is 5.56 Å². The van der Waals surface area contributed by atoms with Gasteiger partial charge in [-0.3, -0.25) is 4.79 Å². The van der Waals surface area contributed by atoms with Crippen molar-refractivity contribution in [3.05, 3.63) is 69.9 Å². The van der Waals surface area contributed by atoms with Crippen molar-refractivity contribution in [1.82, 2.24) is 4.57 Å². The van der Waals surface area contributed by atoms with E-state index in [0.29, 0.717) is 12.1 Å². The molecule has 1 aromatic heterocycles. The van der Waals surface area contributed by atoms with Gasteiger partial charge in [0, 0.05) is 12.3 Å². The lowest BCUT2D eigenvalue weighted by molar-refractivity contribution is 0.521. The van der Waals surface area contributed by atoms with Crippen LogP contribution in [0.15, 0.2) is 47.4 Å². The van der Waals surface area contributed by atoms with Crippen molar-refractivity contribution in [2.24, 2.45) is 0 Å². The highest BCUT2D eigenvalue weighted by molar-refractivity contribution is 5.29. The summed E-state index contributed by atoms with van der Waals surface area (Å²) in [6, 6.07) is 10.2. The number of pyridine rings is 1. The van der Waals surface area contributed by atoms with Crippen molar-refractivity contribution in [2.75, 3.05) is 0 Å². The van der Waals surface area contributed by atoms with Crippen LogP contribution in [0.4, 0.5) is 4.39 Å². The maximum atomic E-state index is 14.1. The predicted octanol–water partition coefficient (Wildman–Crippen LogP) is 3.33. The summed E-state index contributed by atoms with van der Waals surface area (Å²) in [5.74, 6) is -0.214. The number of hydrogen-bond donors (Lipinski definition) is 0. The molecule has 1 heterocycles. The standard InChI is InChI=1S/C16H18FNO/c1-16(2,3)13-8-7-12(10-14(13)17)11-18-9-5-4-6-15(18)19/h4-10H,11H2,1-3H3. The largest absolute Gasteiger partial charge is 0.311 e. The van der Waals surface area contributed by atoms with E-state index in [9.17, 15) is 9.18 Å². The van der Waals surface area contributed by atoms with Crippen LogP contribution in [0, 0.1) is 5.82 Å². The minimum Gasteiger partial charge on any atom is -0.311 e. The van der Waals surface area contributed by atoms with Gasteiger partial charge in [-0.25, -0.2) is 4.39 Å². The Labute approximate surface area is 112 Å².